The predicted octanol–water partition coefficient (Wildman–Crippen LogP) is 6.47. The lowest BCUT2D eigenvalue weighted by Gasteiger charge is -2.10. The van der Waals surface area contributed by atoms with Crippen LogP contribution in [0.15, 0.2) is 72.8 Å². The summed E-state index contributed by atoms with van der Waals surface area (Å²) in [6.07, 6.45) is 2.99. The van der Waals surface area contributed by atoms with Crippen molar-refractivity contribution in [3.05, 3.63) is 94.4 Å². The minimum atomic E-state index is -0.194. The molecule has 1 aliphatic carbocycles. The van der Waals surface area contributed by atoms with Crippen LogP contribution in [0.2, 0.25) is 0 Å². The maximum atomic E-state index is 13.4. The summed E-state index contributed by atoms with van der Waals surface area (Å²) < 4.78 is 5.72. The van der Waals surface area contributed by atoms with E-state index in [2.05, 4.69) is 22.9 Å². The van der Waals surface area contributed by atoms with Gasteiger partial charge in [0.15, 0.2) is 5.13 Å². The number of thiazole rings is 1. The normalized spacial score (nSPS) is 12.6. The number of carbonyl (C=O) groups excluding carboxylic acids is 2. The molecule has 3 N–H and O–H groups in total. The number of benzene rings is 3. The van der Waals surface area contributed by atoms with Crippen LogP contribution in [0.4, 0.5) is 10.8 Å². The number of amides is 2. The van der Waals surface area contributed by atoms with Gasteiger partial charge in [0.05, 0.1) is 12.3 Å². The molecule has 8 heteroatoms. The largest absolute Gasteiger partial charge is 0.494 e. The van der Waals surface area contributed by atoms with Crippen molar-refractivity contribution in [2.45, 2.75) is 45.7 Å². The molecule has 1 saturated carbocycles. The van der Waals surface area contributed by atoms with Gasteiger partial charge in [-0.25, -0.2) is 4.98 Å². The van der Waals surface area contributed by atoms with Crippen molar-refractivity contribution in [3.63, 3.8) is 0 Å². The van der Waals surface area contributed by atoms with Crippen LogP contribution in [0, 0.1) is 6.92 Å². The van der Waals surface area contributed by atoms with E-state index in [1.54, 1.807) is 0 Å². The number of nitrogens with one attached hydrogen (secondary N) is 3. The van der Waals surface area contributed by atoms with Crippen molar-refractivity contribution in [1.29, 1.82) is 0 Å². The molecule has 200 valence electrons. The summed E-state index contributed by atoms with van der Waals surface area (Å²) >= 11 is 1.29. The first kappa shape index (κ1) is 26.4. The van der Waals surface area contributed by atoms with Crippen molar-refractivity contribution in [2.75, 3.05) is 11.9 Å². The smallest absolute Gasteiger partial charge is 0.264 e. The van der Waals surface area contributed by atoms with Crippen LogP contribution in [-0.4, -0.2) is 29.4 Å². The zero-order valence-corrected chi connectivity index (χ0v) is 22.9. The lowest BCUT2D eigenvalue weighted by Crippen LogP contribution is -2.25. The maximum absolute atomic E-state index is 13.4. The minimum Gasteiger partial charge on any atom is -0.494 e. The predicted molar refractivity (Wildman–Crippen MR) is 156 cm³/mol. The fourth-order valence-corrected chi connectivity index (χ4v) is 4.94. The van der Waals surface area contributed by atoms with Crippen LogP contribution < -0.4 is 20.7 Å². The van der Waals surface area contributed by atoms with Gasteiger partial charge in [-0.2, -0.15) is 0 Å². The molecular formula is C31H32N4O3S. The third-order valence-electron chi connectivity index (χ3n) is 6.38. The van der Waals surface area contributed by atoms with E-state index in [9.17, 15) is 9.59 Å². The van der Waals surface area contributed by atoms with E-state index >= 15 is 0 Å². The molecule has 1 aliphatic rings. The van der Waals surface area contributed by atoms with E-state index in [0.29, 0.717) is 34.4 Å². The zero-order chi connectivity index (χ0) is 27.2. The van der Waals surface area contributed by atoms with Crippen LogP contribution in [0.5, 0.6) is 5.75 Å². The number of anilines is 2. The summed E-state index contributed by atoms with van der Waals surface area (Å²) in [6.45, 7) is 5.10. The van der Waals surface area contributed by atoms with Gasteiger partial charge in [0.2, 0.25) is 0 Å². The number of aryl methyl sites for hydroxylation is 1. The van der Waals surface area contributed by atoms with Crippen molar-refractivity contribution in [3.8, 4) is 17.0 Å². The molecule has 1 fully saturated rings. The third-order valence-corrected chi connectivity index (χ3v) is 7.35. The topological polar surface area (TPSA) is 92.3 Å². The quantitative estimate of drug-likeness (QED) is 0.203. The van der Waals surface area contributed by atoms with Gasteiger partial charge < -0.3 is 20.7 Å². The Kier molecular flexibility index (Phi) is 8.22. The van der Waals surface area contributed by atoms with Crippen LogP contribution >= 0.6 is 11.3 Å². The van der Waals surface area contributed by atoms with E-state index in [-0.39, 0.29) is 17.9 Å². The average molecular weight is 541 g/mol. The summed E-state index contributed by atoms with van der Waals surface area (Å²) in [6, 6.07) is 23.3. The third kappa shape index (κ3) is 6.83. The first-order valence-electron chi connectivity index (χ1n) is 13.2. The van der Waals surface area contributed by atoms with E-state index in [4.69, 9.17) is 9.72 Å². The molecule has 0 aliphatic heterocycles. The van der Waals surface area contributed by atoms with Crippen LogP contribution in [0.3, 0.4) is 0 Å². The summed E-state index contributed by atoms with van der Waals surface area (Å²) in [7, 11) is 0. The Hall–Kier alpha value is -4.17. The molecule has 4 aromatic rings. The van der Waals surface area contributed by atoms with Crippen LogP contribution in [-0.2, 0) is 6.54 Å². The SMILES string of the molecule is CCCOc1ccc(-c2nc(Nc3cc(C(=O)NC4CC4)ccc3C)sc2C(=O)NCc2ccccc2)cc1. The number of hydrogen-bond donors (Lipinski definition) is 3. The van der Waals surface area contributed by atoms with E-state index in [0.717, 1.165) is 47.4 Å². The zero-order valence-electron chi connectivity index (χ0n) is 22.1. The molecule has 1 heterocycles. The lowest BCUT2D eigenvalue weighted by molar-refractivity contribution is 0.0944. The van der Waals surface area contributed by atoms with Gasteiger partial charge in [0.25, 0.3) is 11.8 Å². The number of hydrogen-bond acceptors (Lipinski definition) is 6. The number of aromatic nitrogens is 1. The van der Waals surface area contributed by atoms with Gasteiger partial charge in [-0.1, -0.05) is 54.7 Å². The highest BCUT2D eigenvalue weighted by molar-refractivity contribution is 7.18. The van der Waals surface area contributed by atoms with Crippen molar-refractivity contribution < 1.29 is 14.3 Å². The molecule has 0 radical (unpaired) electrons. The standard InChI is InChI=1S/C31H32N4O3S/c1-3-17-38-25-15-11-22(12-16-25)27-28(30(37)32-19-21-7-5-4-6-8-21)39-31(35-27)34-26-18-23(10-9-20(26)2)29(36)33-24-13-14-24/h4-12,15-16,18,24H,3,13-14,17,19H2,1-2H3,(H,32,37)(H,33,36)(H,34,35). The lowest BCUT2D eigenvalue weighted by atomic mass is 10.1. The Bertz CT molecular complexity index is 1450. The van der Waals surface area contributed by atoms with Crippen molar-refractivity contribution in [1.82, 2.24) is 15.6 Å². The number of rotatable bonds is 11. The Morgan fingerprint density at radius 3 is 2.49 bits per heavy atom. The second-order valence-electron chi connectivity index (χ2n) is 9.64. The van der Waals surface area contributed by atoms with Gasteiger partial charge >= 0.3 is 0 Å². The average Bonchev–Trinajstić information content (AvgIpc) is 3.68. The van der Waals surface area contributed by atoms with Crippen LogP contribution in [0.25, 0.3) is 11.3 Å². The van der Waals surface area contributed by atoms with E-state index in [1.165, 1.54) is 11.3 Å². The van der Waals surface area contributed by atoms with Gasteiger partial charge in [0.1, 0.15) is 10.6 Å². The molecule has 2 amide bonds. The molecule has 0 bridgehead atoms. The minimum absolute atomic E-state index is 0.0771. The fourth-order valence-electron chi connectivity index (χ4n) is 4.02. The van der Waals surface area contributed by atoms with Gasteiger partial charge in [-0.3, -0.25) is 9.59 Å². The highest BCUT2D eigenvalue weighted by atomic mass is 32.1. The first-order chi connectivity index (χ1) is 19.0. The Morgan fingerprint density at radius 1 is 1.00 bits per heavy atom. The van der Waals surface area contributed by atoms with Gasteiger partial charge in [-0.05, 0) is 73.7 Å². The summed E-state index contributed by atoms with van der Waals surface area (Å²) in [5.74, 6) is 0.507. The molecule has 0 spiro atoms. The Labute approximate surface area is 232 Å². The van der Waals surface area contributed by atoms with E-state index in [1.807, 2.05) is 79.7 Å². The maximum Gasteiger partial charge on any atom is 0.264 e. The fraction of sp³-hybridized carbons (Fsp3) is 0.258. The molecule has 39 heavy (non-hydrogen) atoms. The monoisotopic (exact) mass is 540 g/mol. The first-order valence-corrected chi connectivity index (χ1v) is 14.1. The van der Waals surface area contributed by atoms with Gasteiger partial charge in [-0.15, -0.1) is 0 Å². The van der Waals surface area contributed by atoms with Crippen molar-refractivity contribution >= 4 is 34.0 Å². The Balaban J connectivity index is 1.41. The number of nitrogens with zero attached hydrogens (tertiary/aromatic N) is 1. The molecule has 0 unspecified atom stereocenters. The second-order valence-corrected chi connectivity index (χ2v) is 10.6. The summed E-state index contributed by atoms with van der Waals surface area (Å²) in [5, 5.41) is 9.99. The summed E-state index contributed by atoms with van der Waals surface area (Å²) in [5.41, 5.74) is 4.78. The Morgan fingerprint density at radius 2 is 1.77 bits per heavy atom. The van der Waals surface area contributed by atoms with E-state index < -0.39 is 0 Å². The second kappa shape index (κ2) is 12.1. The molecule has 1 aromatic heterocycles. The summed E-state index contributed by atoms with van der Waals surface area (Å²) in [4.78, 5) is 31.3. The molecule has 0 atom stereocenters. The molecule has 7 nitrogen and oxygen atoms in total. The highest BCUT2D eigenvalue weighted by Crippen LogP contribution is 2.34. The number of carbonyl (C=O) groups is 2. The molecule has 3 aromatic carbocycles. The number of ether oxygens (including phenoxy) is 1. The van der Waals surface area contributed by atoms with Crippen LogP contribution in [0.1, 0.15) is 57.3 Å². The van der Waals surface area contributed by atoms with Crippen molar-refractivity contribution in [2.24, 2.45) is 0 Å². The molecule has 5 rings (SSSR count). The molecule has 0 saturated heterocycles. The molecular weight excluding hydrogens is 508 g/mol. The highest BCUT2D eigenvalue weighted by Gasteiger charge is 2.24. The van der Waals surface area contributed by atoms with Gasteiger partial charge in [0, 0.05) is 29.4 Å².